The van der Waals surface area contributed by atoms with Gasteiger partial charge in [0.25, 0.3) is 0 Å². The molecule has 1 amide bonds. The number of halogens is 2. The van der Waals surface area contributed by atoms with Gasteiger partial charge in [-0.1, -0.05) is 67.4 Å². The molecule has 1 heterocycles. The Morgan fingerprint density at radius 2 is 1.72 bits per heavy atom. The third kappa shape index (κ3) is 3.51. The second-order valence-electron chi connectivity index (χ2n) is 8.72. The van der Waals surface area contributed by atoms with Gasteiger partial charge >= 0.3 is 0 Å². The summed E-state index contributed by atoms with van der Waals surface area (Å²) in [6.45, 7) is 6.13. The van der Waals surface area contributed by atoms with Gasteiger partial charge in [-0.05, 0) is 42.0 Å². The summed E-state index contributed by atoms with van der Waals surface area (Å²) in [5.74, 6) is -0.305. The van der Waals surface area contributed by atoms with Crippen LogP contribution in [0.4, 0.5) is 5.69 Å². The van der Waals surface area contributed by atoms with Crippen LogP contribution in [0.1, 0.15) is 50.2 Å². The van der Waals surface area contributed by atoms with Crippen molar-refractivity contribution >= 4 is 40.6 Å². The van der Waals surface area contributed by atoms with Crippen molar-refractivity contribution in [1.29, 1.82) is 0 Å². The van der Waals surface area contributed by atoms with E-state index in [0.717, 1.165) is 22.5 Å². The maximum Gasteiger partial charge on any atom is 0.232 e. The molecule has 2 aromatic rings. The van der Waals surface area contributed by atoms with Gasteiger partial charge in [0, 0.05) is 30.0 Å². The molecule has 0 fully saturated rings. The van der Waals surface area contributed by atoms with E-state index in [4.69, 9.17) is 23.2 Å². The first-order valence-corrected chi connectivity index (χ1v) is 10.5. The summed E-state index contributed by atoms with van der Waals surface area (Å²) in [6.07, 6.45) is 1.30. The highest BCUT2D eigenvalue weighted by atomic mass is 35.5. The number of rotatable bonds is 2. The number of amides is 1. The van der Waals surface area contributed by atoms with Crippen LogP contribution in [0.15, 0.2) is 53.7 Å². The number of carbonyl (C=O) groups is 2. The predicted molar refractivity (Wildman–Crippen MR) is 118 cm³/mol. The zero-order valence-corrected chi connectivity index (χ0v) is 18.3. The van der Waals surface area contributed by atoms with Gasteiger partial charge in [0.05, 0.1) is 15.7 Å². The largest absolute Gasteiger partial charge is 0.294 e. The van der Waals surface area contributed by atoms with Crippen LogP contribution in [0.5, 0.6) is 0 Å². The van der Waals surface area contributed by atoms with E-state index in [-0.39, 0.29) is 29.4 Å². The van der Waals surface area contributed by atoms with Crippen LogP contribution in [0.25, 0.3) is 0 Å². The highest BCUT2D eigenvalue weighted by molar-refractivity contribution is 6.42. The third-order valence-electron chi connectivity index (χ3n) is 5.86. The quantitative estimate of drug-likeness (QED) is 0.550. The zero-order chi connectivity index (χ0) is 20.9. The van der Waals surface area contributed by atoms with Crippen LogP contribution >= 0.6 is 23.2 Å². The van der Waals surface area contributed by atoms with Gasteiger partial charge in [0.2, 0.25) is 5.91 Å². The first-order chi connectivity index (χ1) is 13.7. The van der Waals surface area contributed by atoms with Crippen molar-refractivity contribution in [3.05, 3.63) is 74.9 Å². The molecule has 0 saturated carbocycles. The minimum Gasteiger partial charge on any atom is -0.294 e. The van der Waals surface area contributed by atoms with E-state index >= 15 is 0 Å². The molecule has 1 aliphatic heterocycles. The second kappa shape index (κ2) is 7.30. The Balaban J connectivity index is 1.95. The minimum atomic E-state index is -0.368. The number of ketones is 1. The van der Waals surface area contributed by atoms with Crippen LogP contribution < -0.4 is 4.90 Å². The Labute approximate surface area is 181 Å². The van der Waals surface area contributed by atoms with E-state index in [1.807, 2.05) is 43.3 Å². The fourth-order valence-electron chi connectivity index (χ4n) is 4.56. The standard InChI is InChI=1S/C24H23Cl2NO2/c1-14-7-4-5-10-18(14)27-19-12-24(2,3)13-20(28)22(19)16(11-21(27)29)15-8-6-9-17(25)23(15)26/h4-10,16H,11-13H2,1-3H3. The molecule has 29 heavy (non-hydrogen) atoms. The highest BCUT2D eigenvalue weighted by Gasteiger charge is 2.45. The van der Waals surface area contributed by atoms with Gasteiger partial charge in [-0.2, -0.15) is 0 Å². The van der Waals surface area contributed by atoms with Gasteiger partial charge in [0.15, 0.2) is 5.78 Å². The molecule has 0 N–H and O–H groups in total. The Morgan fingerprint density at radius 1 is 1.00 bits per heavy atom. The Hall–Kier alpha value is -2.10. The number of aryl methyl sites for hydroxylation is 1. The maximum atomic E-state index is 13.4. The average Bonchev–Trinajstić information content (AvgIpc) is 2.63. The van der Waals surface area contributed by atoms with Gasteiger partial charge in [-0.25, -0.2) is 0 Å². The third-order valence-corrected chi connectivity index (χ3v) is 6.69. The van der Waals surface area contributed by atoms with Crippen molar-refractivity contribution in [2.45, 2.75) is 46.0 Å². The van der Waals surface area contributed by atoms with Crippen LogP contribution in [0, 0.1) is 12.3 Å². The normalized spacial score (nSPS) is 21.4. The van der Waals surface area contributed by atoms with Crippen LogP contribution in [-0.4, -0.2) is 11.7 Å². The highest BCUT2D eigenvalue weighted by Crippen LogP contribution is 2.49. The fourth-order valence-corrected chi connectivity index (χ4v) is 5.00. The average molecular weight is 428 g/mol. The number of anilines is 1. The molecular formula is C24H23Cl2NO2. The van der Waals surface area contributed by atoms with Crippen LogP contribution in [-0.2, 0) is 9.59 Å². The van der Waals surface area contributed by atoms with Gasteiger partial charge < -0.3 is 0 Å². The number of nitrogens with zero attached hydrogens (tertiary/aromatic N) is 1. The van der Waals surface area contributed by atoms with Crippen molar-refractivity contribution in [1.82, 2.24) is 0 Å². The van der Waals surface area contributed by atoms with Crippen molar-refractivity contribution in [3.8, 4) is 0 Å². The van der Waals surface area contributed by atoms with E-state index in [1.165, 1.54) is 0 Å². The number of Topliss-reactive ketones (excluding diaryl/α,β-unsaturated/α-hetero) is 1. The van der Waals surface area contributed by atoms with Crippen molar-refractivity contribution in [2.24, 2.45) is 5.41 Å². The molecule has 4 rings (SSSR count). The summed E-state index contributed by atoms with van der Waals surface area (Å²) in [6, 6.07) is 13.2. The van der Waals surface area contributed by atoms with Gasteiger partial charge in [-0.3, -0.25) is 14.5 Å². The van der Waals surface area contributed by atoms with E-state index in [0.29, 0.717) is 28.5 Å². The summed E-state index contributed by atoms with van der Waals surface area (Å²) in [7, 11) is 0. The monoisotopic (exact) mass is 427 g/mol. The van der Waals surface area contributed by atoms with Crippen molar-refractivity contribution < 1.29 is 9.59 Å². The molecule has 0 aromatic heterocycles. The molecule has 0 bridgehead atoms. The van der Waals surface area contributed by atoms with E-state index in [1.54, 1.807) is 11.0 Å². The number of hydrogen-bond donors (Lipinski definition) is 0. The van der Waals surface area contributed by atoms with Gasteiger partial charge in [0.1, 0.15) is 0 Å². The molecule has 2 aromatic carbocycles. The van der Waals surface area contributed by atoms with E-state index in [2.05, 4.69) is 13.8 Å². The Morgan fingerprint density at radius 3 is 2.45 bits per heavy atom. The zero-order valence-electron chi connectivity index (χ0n) is 16.8. The molecule has 2 aliphatic rings. The Bertz CT molecular complexity index is 1050. The molecule has 150 valence electrons. The number of carbonyl (C=O) groups excluding carboxylic acids is 2. The first-order valence-electron chi connectivity index (χ1n) is 9.78. The summed E-state index contributed by atoms with van der Waals surface area (Å²) >= 11 is 12.7. The Kier molecular flexibility index (Phi) is 5.08. The number of para-hydroxylation sites is 1. The van der Waals surface area contributed by atoms with Crippen molar-refractivity contribution in [3.63, 3.8) is 0 Å². The topological polar surface area (TPSA) is 37.4 Å². The summed E-state index contributed by atoms with van der Waals surface area (Å²) in [5, 5.41) is 0.851. The molecular weight excluding hydrogens is 405 g/mol. The molecule has 0 saturated heterocycles. The first kappa shape index (κ1) is 20.2. The van der Waals surface area contributed by atoms with Crippen molar-refractivity contribution in [2.75, 3.05) is 4.90 Å². The molecule has 5 heteroatoms. The molecule has 1 unspecified atom stereocenters. The fraction of sp³-hybridized carbons (Fsp3) is 0.333. The van der Waals surface area contributed by atoms with E-state index in [9.17, 15) is 9.59 Å². The number of allylic oxidation sites excluding steroid dienone is 2. The predicted octanol–water partition coefficient (Wildman–Crippen LogP) is 6.47. The SMILES string of the molecule is Cc1ccccc1N1C(=O)CC(c2cccc(Cl)c2Cl)C2=C1CC(C)(C)CC2=O. The minimum absolute atomic E-state index is 0.0235. The smallest absolute Gasteiger partial charge is 0.232 e. The van der Waals surface area contributed by atoms with Crippen LogP contribution in [0.3, 0.4) is 0 Å². The lowest BCUT2D eigenvalue weighted by Gasteiger charge is -2.43. The summed E-state index contributed by atoms with van der Waals surface area (Å²) in [4.78, 5) is 28.5. The lowest BCUT2D eigenvalue weighted by molar-refractivity contribution is -0.121. The molecule has 1 atom stereocenters. The van der Waals surface area contributed by atoms with Gasteiger partial charge in [-0.15, -0.1) is 0 Å². The number of hydrogen-bond acceptors (Lipinski definition) is 2. The summed E-state index contributed by atoms with van der Waals surface area (Å²) < 4.78 is 0. The lowest BCUT2D eigenvalue weighted by Crippen LogP contribution is -2.44. The van der Waals surface area contributed by atoms with Crippen LogP contribution in [0.2, 0.25) is 10.0 Å². The molecule has 0 spiro atoms. The van der Waals surface area contributed by atoms with E-state index < -0.39 is 0 Å². The lowest BCUT2D eigenvalue weighted by atomic mass is 9.69. The molecule has 1 aliphatic carbocycles. The molecule has 3 nitrogen and oxygen atoms in total. The second-order valence-corrected chi connectivity index (χ2v) is 9.50. The maximum absolute atomic E-state index is 13.4. The molecule has 0 radical (unpaired) electrons. The number of benzene rings is 2. The summed E-state index contributed by atoms with van der Waals surface area (Å²) in [5.41, 5.74) is 3.89.